The highest BCUT2D eigenvalue weighted by molar-refractivity contribution is 5.19. The molecule has 0 aromatic carbocycles. The lowest BCUT2D eigenvalue weighted by Gasteiger charge is -2.36. The van der Waals surface area contributed by atoms with Crippen molar-refractivity contribution in [3.8, 4) is 0 Å². The Hall–Kier alpha value is -0.520. The minimum absolute atomic E-state index is 0.439. The molecule has 2 aliphatic carbocycles. The Morgan fingerprint density at radius 3 is 2.53 bits per heavy atom. The van der Waals surface area contributed by atoms with E-state index in [-0.39, 0.29) is 0 Å². The molecule has 0 aromatic rings. The quantitative estimate of drug-likeness (QED) is 0.562. The molecule has 2 aliphatic rings. The molecule has 0 fully saturated rings. The fraction of sp³-hybridized carbons (Fsp3) is 0.765. The van der Waals surface area contributed by atoms with Crippen LogP contribution in [0.4, 0.5) is 0 Å². The van der Waals surface area contributed by atoms with Gasteiger partial charge in [-0.2, -0.15) is 0 Å². The maximum absolute atomic E-state index is 2.47. The maximum atomic E-state index is 2.47. The van der Waals surface area contributed by atoms with Gasteiger partial charge in [-0.25, -0.2) is 0 Å². The van der Waals surface area contributed by atoms with E-state index in [1.807, 2.05) is 0 Å². The van der Waals surface area contributed by atoms with Crippen LogP contribution in [0.2, 0.25) is 0 Å². The number of allylic oxidation sites excluding steroid dienone is 4. The lowest BCUT2D eigenvalue weighted by atomic mass is 9.69. The topological polar surface area (TPSA) is 0 Å². The summed E-state index contributed by atoms with van der Waals surface area (Å²) in [6.45, 7) is 11.9. The molecule has 0 aromatic heterocycles. The Morgan fingerprint density at radius 2 is 1.94 bits per heavy atom. The third-order valence-electron chi connectivity index (χ3n) is 5.76. The zero-order valence-corrected chi connectivity index (χ0v) is 12.2. The third kappa shape index (κ3) is 2.37. The summed E-state index contributed by atoms with van der Waals surface area (Å²) >= 11 is 0. The standard InChI is InChI=1S/C17H28/c1-12-7-6-8-15(14(12)3)11-16-10-9-13(2)17(16,4)5/h7,9,14-16H,6,8,10-11H2,1-5H3. The fourth-order valence-corrected chi connectivity index (χ4v) is 3.61. The van der Waals surface area contributed by atoms with Gasteiger partial charge in [0.25, 0.3) is 0 Å². The molecule has 0 saturated carbocycles. The summed E-state index contributed by atoms with van der Waals surface area (Å²) < 4.78 is 0. The zero-order chi connectivity index (χ0) is 12.6. The highest BCUT2D eigenvalue weighted by Crippen LogP contribution is 2.48. The third-order valence-corrected chi connectivity index (χ3v) is 5.76. The van der Waals surface area contributed by atoms with Crippen molar-refractivity contribution in [3.05, 3.63) is 23.3 Å². The van der Waals surface area contributed by atoms with E-state index in [2.05, 4.69) is 46.8 Å². The first kappa shape index (κ1) is 12.9. The highest BCUT2D eigenvalue weighted by Gasteiger charge is 2.37. The smallest absolute Gasteiger partial charge is 0.0116 e. The van der Waals surface area contributed by atoms with Crippen LogP contribution in [-0.2, 0) is 0 Å². The molecule has 0 N–H and O–H groups in total. The first-order chi connectivity index (χ1) is 7.93. The average Bonchev–Trinajstić information content (AvgIpc) is 2.51. The first-order valence-corrected chi connectivity index (χ1v) is 7.26. The molecule has 17 heavy (non-hydrogen) atoms. The van der Waals surface area contributed by atoms with Gasteiger partial charge < -0.3 is 0 Å². The van der Waals surface area contributed by atoms with E-state index in [9.17, 15) is 0 Å². The van der Waals surface area contributed by atoms with Gasteiger partial charge in [-0.1, -0.05) is 44.1 Å². The van der Waals surface area contributed by atoms with Crippen LogP contribution in [0.3, 0.4) is 0 Å². The van der Waals surface area contributed by atoms with Crippen LogP contribution in [-0.4, -0.2) is 0 Å². The Kier molecular flexibility index (Phi) is 3.52. The van der Waals surface area contributed by atoms with Gasteiger partial charge in [-0.05, 0) is 62.7 Å². The molecule has 0 radical (unpaired) electrons. The molecule has 96 valence electrons. The van der Waals surface area contributed by atoms with E-state index in [1.54, 1.807) is 11.1 Å². The minimum atomic E-state index is 0.439. The van der Waals surface area contributed by atoms with Crippen molar-refractivity contribution in [2.24, 2.45) is 23.2 Å². The van der Waals surface area contributed by atoms with Crippen LogP contribution in [0, 0.1) is 23.2 Å². The van der Waals surface area contributed by atoms with Crippen molar-refractivity contribution in [2.45, 2.75) is 60.3 Å². The van der Waals surface area contributed by atoms with Crippen molar-refractivity contribution in [3.63, 3.8) is 0 Å². The van der Waals surface area contributed by atoms with E-state index in [0.29, 0.717) is 5.41 Å². The van der Waals surface area contributed by atoms with Gasteiger partial charge in [0.1, 0.15) is 0 Å². The van der Waals surface area contributed by atoms with E-state index in [0.717, 1.165) is 17.8 Å². The predicted octanol–water partition coefficient (Wildman–Crippen LogP) is 5.36. The van der Waals surface area contributed by atoms with E-state index in [1.165, 1.54) is 25.7 Å². The maximum Gasteiger partial charge on any atom is -0.0116 e. The molecule has 0 bridgehead atoms. The van der Waals surface area contributed by atoms with Gasteiger partial charge in [0, 0.05) is 0 Å². The molecule has 3 unspecified atom stereocenters. The monoisotopic (exact) mass is 232 g/mol. The van der Waals surface area contributed by atoms with Crippen molar-refractivity contribution in [1.82, 2.24) is 0 Å². The van der Waals surface area contributed by atoms with Gasteiger partial charge in [0.2, 0.25) is 0 Å². The van der Waals surface area contributed by atoms with Gasteiger partial charge >= 0.3 is 0 Å². The largest absolute Gasteiger partial charge is 0.0853 e. The molecular weight excluding hydrogens is 204 g/mol. The molecule has 3 atom stereocenters. The van der Waals surface area contributed by atoms with E-state index < -0.39 is 0 Å². The molecular formula is C17H28. The van der Waals surface area contributed by atoms with Crippen molar-refractivity contribution in [2.75, 3.05) is 0 Å². The van der Waals surface area contributed by atoms with Gasteiger partial charge in [0.15, 0.2) is 0 Å². The van der Waals surface area contributed by atoms with E-state index >= 15 is 0 Å². The zero-order valence-electron chi connectivity index (χ0n) is 12.2. The molecule has 0 nitrogen and oxygen atoms in total. The Balaban J connectivity index is 2.02. The van der Waals surface area contributed by atoms with Crippen LogP contribution in [0.25, 0.3) is 0 Å². The summed E-state index contributed by atoms with van der Waals surface area (Å²) in [4.78, 5) is 0. The molecule has 0 heteroatoms. The van der Waals surface area contributed by atoms with Crippen molar-refractivity contribution < 1.29 is 0 Å². The summed E-state index contributed by atoms with van der Waals surface area (Å²) in [5, 5.41) is 0. The number of hydrogen-bond donors (Lipinski definition) is 0. The van der Waals surface area contributed by atoms with Crippen molar-refractivity contribution in [1.29, 1.82) is 0 Å². The number of rotatable bonds is 2. The Bertz CT molecular complexity index is 343. The summed E-state index contributed by atoms with van der Waals surface area (Å²) in [7, 11) is 0. The SMILES string of the molecule is CC1=CCCC(CC2CC=C(C)C2(C)C)C1C. The summed E-state index contributed by atoms with van der Waals surface area (Å²) in [5.41, 5.74) is 3.68. The molecule has 0 saturated heterocycles. The average molecular weight is 232 g/mol. The summed E-state index contributed by atoms with van der Waals surface area (Å²) in [5.74, 6) is 2.60. The van der Waals surface area contributed by atoms with E-state index in [4.69, 9.17) is 0 Å². The normalized spacial score (nSPS) is 36.6. The highest BCUT2D eigenvalue weighted by atomic mass is 14.4. The van der Waals surface area contributed by atoms with Crippen molar-refractivity contribution >= 4 is 0 Å². The Morgan fingerprint density at radius 1 is 1.24 bits per heavy atom. The van der Waals surface area contributed by atoms with Crippen LogP contribution in [0.1, 0.15) is 60.3 Å². The first-order valence-electron chi connectivity index (χ1n) is 7.26. The second kappa shape index (κ2) is 4.63. The molecule has 0 aliphatic heterocycles. The summed E-state index contributed by atoms with van der Waals surface area (Å²) in [6.07, 6.45) is 10.4. The molecule has 0 heterocycles. The van der Waals surface area contributed by atoms with Crippen LogP contribution >= 0.6 is 0 Å². The minimum Gasteiger partial charge on any atom is -0.0853 e. The second-order valence-corrected chi connectivity index (χ2v) is 6.85. The lowest BCUT2D eigenvalue weighted by molar-refractivity contribution is 0.201. The number of hydrogen-bond acceptors (Lipinski definition) is 0. The Labute approximate surface area is 107 Å². The predicted molar refractivity (Wildman–Crippen MR) is 75.9 cm³/mol. The van der Waals surface area contributed by atoms with Crippen LogP contribution < -0.4 is 0 Å². The molecule has 0 amide bonds. The van der Waals surface area contributed by atoms with Crippen LogP contribution in [0.15, 0.2) is 23.3 Å². The molecule has 2 rings (SSSR count). The van der Waals surface area contributed by atoms with Crippen LogP contribution in [0.5, 0.6) is 0 Å². The second-order valence-electron chi connectivity index (χ2n) is 6.85. The lowest BCUT2D eigenvalue weighted by Crippen LogP contribution is -2.26. The summed E-state index contributed by atoms with van der Waals surface area (Å²) in [6, 6.07) is 0. The van der Waals surface area contributed by atoms with Gasteiger partial charge in [-0.3, -0.25) is 0 Å². The van der Waals surface area contributed by atoms with Gasteiger partial charge in [0.05, 0.1) is 0 Å². The fourth-order valence-electron chi connectivity index (χ4n) is 3.61. The van der Waals surface area contributed by atoms with Gasteiger partial charge in [-0.15, -0.1) is 0 Å². The molecule has 0 spiro atoms.